The molecule has 23 heavy (non-hydrogen) atoms. The number of carbonyl (C=O) groups excluding carboxylic acids is 1. The molecule has 122 valence electrons. The van der Waals surface area contributed by atoms with Crippen LogP contribution in [0.25, 0.3) is 0 Å². The number of anilines is 2. The van der Waals surface area contributed by atoms with Gasteiger partial charge in [-0.2, -0.15) is 0 Å². The van der Waals surface area contributed by atoms with Crippen LogP contribution in [-0.2, 0) is 0 Å². The van der Waals surface area contributed by atoms with Gasteiger partial charge in [-0.15, -0.1) is 0 Å². The van der Waals surface area contributed by atoms with Crippen molar-refractivity contribution in [1.29, 1.82) is 0 Å². The molecular weight excluding hydrogens is 304 g/mol. The van der Waals surface area contributed by atoms with Gasteiger partial charge in [-0.1, -0.05) is 0 Å². The van der Waals surface area contributed by atoms with E-state index < -0.39 is 11.6 Å². The minimum absolute atomic E-state index is 0.0730. The van der Waals surface area contributed by atoms with E-state index in [1.165, 1.54) is 18.5 Å². The van der Waals surface area contributed by atoms with Crippen LogP contribution in [0.3, 0.4) is 0 Å². The lowest BCUT2D eigenvalue weighted by molar-refractivity contribution is 0.0945. The van der Waals surface area contributed by atoms with Crippen LogP contribution in [0.2, 0.25) is 0 Å². The molecular formula is C15H17F2N5O. The fourth-order valence-corrected chi connectivity index (χ4v) is 1.72. The summed E-state index contributed by atoms with van der Waals surface area (Å²) in [6.07, 6.45) is 2.60. The van der Waals surface area contributed by atoms with Gasteiger partial charge >= 0.3 is 0 Å². The lowest BCUT2D eigenvalue weighted by Gasteiger charge is -2.10. The number of rotatable bonds is 6. The first-order valence-corrected chi connectivity index (χ1v) is 6.93. The Hall–Kier alpha value is -2.61. The Balaban J connectivity index is 1.97. The molecule has 1 amide bonds. The molecule has 0 aliphatic rings. The molecule has 0 radical (unpaired) electrons. The van der Waals surface area contributed by atoms with Gasteiger partial charge in [0.25, 0.3) is 5.91 Å². The maximum Gasteiger partial charge on any atom is 0.271 e. The Morgan fingerprint density at radius 2 is 2.00 bits per heavy atom. The highest BCUT2D eigenvalue weighted by atomic mass is 19.1. The number of nitrogens with one attached hydrogen (secondary N) is 2. The van der Waals surface area contributed by atoms with Crippen molar-refractivity contribution in [3.63, 3.8) is 0 Å². The summed E-state index contributed by atoms with van der Waals surface area (Å²) in [6.45, 7) is 1.21. The summed E-state index contributed by atoms with van der Waals surface area (Å²) in [7, 11) is 3.81. The molecule has 2 aromatic rings. The topological polar surface area (TPSA) is 70.2 Å². The molecule has 0 aliphatic heterocycles. The molecule has 6 nitrogen and oxygen atoms in total. The number of likely N-dealkylation sites (N-methyl/N-ethyl adjacent to an activating group) is 1. The summed E-state index contributed by atoms with van der Waals surface area (Å²) in [5, 5.41) is 5.38. The van der Waals surface area contributed by atoms with E-state index in [1.807, 2.05) is 19.0 Å². The highest BCUT2D eigenvalue weighted by Crippen LogP contribution is 2.18. The number of halogens is 2. The summed E-state index contributed by atoms with van der Waals surface area (Å²) in [6, 6.07) is 3.15. The van der Waals surface area contributed by atoms with Crippen molar-refractivity contribution >= 4 is 17.4 Å². The molecule has 0 unspecified atom stereocenters. The molecule has 0 bridgehead atoms. The largest absolute Gasteiger partial charge is 0.349 e. The number of nitrogens with zero attached hydrogens (tertiary/aromatic N) is 3. The summed E-state index contributed by atoms with van der Waals surface area (Å²) in [4.78, 5) is 21.7. The lowest BCUT2D eigenvalue weighted by atomic mass is 10.3. The first-order valence-electron chi connectivity index (χ1n) is 6.93. The van der Waals surface area contributed by atoms with E-state index in [0.717, 1.165) is 12.1 Å². The van der Waals surface area contributed by atoms with E-state index in [4.69, 9.17) is 0 Å². The molecule has 1 aromatic carbocycles. The van der Waals surface area contributed by atoms with Crippen LogP contribution >= 0.6 is 0 Å². The van der Waals surface area contributed by atoms with Crippen LogP contribution in [0.15, 0.2) is 30.6 Å². The van der Waals surface area contributed by atoms with Crippen LogP contribution in [-0.4, -0.2) is 48.0 Å². The number of amides is 1. The molecule has 1 aromatic heterocycles. The number of carbonyl (C=O) groups is 1. The summed E-state index contributed by atoms with van der Waals surface area (Å²) in [5.74, 6) is -1.49. The van der Waals surface area contributed by atoms with Gasteiger partial charge in [-0.25, -0.2) is 18.7 Å². The minimum Gasteiger partial charge on any atom is -0.349 e. The van der Waals surface area contributed by atoms with Gasteiger partial charge in [0, 0.05) is 19.2 Å². The molecule has 1 heterocycles. The van der Waals surface area contributed by atoms with Gasteiger partial charge in [0.15, 0.2) is 0 Å². The normalized spacial score (nSPS) is 10.7. The third kappa shape index (κ3) is 4.96. The number of hydrogen-bond donors (Lipinski definition) is 2. The quantitative estimate of drug-likeness (QED) is 0.849. The second-order valence-electron chi connectivity index (χ2n) is 5.10. The summed E-state index contributed by atoms with van der Waals surface area (Å²) < 4.78 is 26.4. The van der Waals surface area contributed by atoms with Crippen LogP contribution in [0.4, 0.5) is 20.3 Å². The van der Waals surface area contributed by atoms with E-state index >= 15 is 0 Å². The van der Waals surface area contributed by atoms with E-state index in [2.05, 4.69) is 20.6 Å². The second-order valence-corrected chi connectivity index (χ2v) is 5.10. The maximum absolute atomic E-state index is 13.5. The molecule has 0 atom stereocenters. The highest BCUT2D eigenvalue weighted by molar-refractivity contribution is 5.92. The standard InChI is InChI=1S/C15H17F2N5O/c1-22(2)6-5-18-15(23)13-8-20-14(9-19-13)21-12-4-3-10(16)7-11(12)17/h3-4,7-9H,5-6H2,1-2H3,(H,18,23)(H,20,21). The molecule has 0 fully saturated rings. The summed E-state index contributed by atoms with van der Waals surface area (Å²) >= 11 is 0. The first-order chi connectivity index (χ1) is 11.0. The Bertz CT molecular complexity index is 676. The third-order valence-electron chi connectivity index (χ3n) is 2.92. The Kier molecular flexibility index (Phi) is 5.53. The van der Waals surface area contributed by atoms with Crippen molar-refractivity contribution < 1.29 is 13.6 Å². The van der Waals surface area contributed by atoms with E-state index in [1.54, 1.807) is 0 Å². The van der Waals surface area contributed by atoms with Crippen molar-refractivity contribution in [2.75, 3.05) is 32.5 Å². The Labute approximate surface area is 132 Å². The average molecular weight is 321 g/mol. The van der Waals surface area contributed by atoms with Crippen LogP contribution in [0.5, 0.6) is 0 Å². The smallest absolute Gasteiger partial charge is 0.271 e. The highest BCUT2D eigenvalue weighted by Gasteiger charge is 2.09. The third-order valence-corrected chi connectivity index (χ3v) is 2.92. The fourth-order valence-electron chi connectivity index (χ4n) is 1.72. The Morgan fingerprint density at radius 1 is 1.22 bits per heavy atom. The zero-order valence-corrected chi connectivity index (χ0v) is 12.8. The monoisotopic (exact) mass is 321 g/mol. The zero-order chi connectivity index (χ0) is 16.8. The number of benzene rings is 1. The predicted octanol–water partition coefficient (Wildman–Crippen LogP) is 1.79. The fraction of sp³-hybridized carbons (Fsp3) is 0.267. The molecule has 2 N–H and O–H groups in total. The number of aromatic nitrogens is 2. The van der Waals surface area contributed by atoms with Gasteiger partial charge < -0.3 is 15.5 Å². The summed E-state index contributed by atoms with van der Waals surface area (Å²) in [5.41, 5.74) is 0.234. The lowest BCUT2D eigenvalue weighted by Crippen LogP contribution is -2.31. The molecule has 8 heteroatoms. The van der Waals surface area contributed by atoms with Crippen LogP contribution < -0.4 is 10.6 Å². The molecule has 0 spiro atoms. The Morgan fingerprint density at radius 3 is 2.61 bits per heavy atom. The SMILES string of the molecule is CN(C)CCNC(=O)c1cnc(Nc2ccc(F)cc2F)cn1. The van der Waals surface area contributed by atoms with Crippen LogP contribution in [0.1, 0.15) is 10.5 Å². The first kappa shape index (κ1) is 16.8. The van der Waals surface area contributed by atoms with E-state index in [0.29, 0.717) is 13.1 Å². The van der Waals surface area contributed by atoms with Crippen molar-refractivity contribution in [3.8, 4) is 0 Å². The number of hydrogen-bond acceptors (Lipinski definition) is 5. The van der Waals surface area contributed by atoms with Gasteiger partial charge in [-0.3, -0.25) is 4.79 Å². The molecule has 0 saturated carbocycles. The maximum atomic E-state index is 13.5. The minimum atomic E-state index is -0.739. The van der Waals surface area contributed by atoms with Gasteiger partial charge in [0.2, 0.25) is 0 Å². The van der Waals surface area contributed by atoms with Crippen molar-refractivity contribution in [2.24, 2.45) is 0 Å². The van der Waals surface area contributed by atoms with Gasteiger partial charge in [0.05, 0.1) is 18.1 Å². The average Bonchev–Trinajstić information content (AvgIpc) is 2.50. The zero-order valence-electron chi connectivity index (χ0n) is 12.8. The van der Waals surface area contributed by atoms with E-state index in [-0.39, 0.29) is 23.1 Å². The molecule has 0 aliphatic carbocycles. The van der Waals surface area contributed by atoms with E-state index in [9.17, 15) is 13.6 Å². The van der Waals surface area contributed by atoms with Crippen molar-refractivity contribution in [3.05, 3.63) is 47.9 Å². The van der Waals surface area contributed by atoms with Crippen molar-refractivity contribution in [1.82, 2.24) is 20.2 Å². The predicted molar refractivity (Wildman–Crippen MR) is 82.6 cm³/mol. The molecule has 0 saturated heterocycles. The van der Waals surface area contributed by atoms with Gasteiger partial charge in [-0.05, 0) is 26.2 Å². The van der Waals surface area contributed by atoms with Gasteiger partial charge in [0.1, 0.15) is 23.1 Å². The molecule has 2 rings (SSSR count). The second kappa shape index (κ2) is 7.59. The van der Waals surface area contributed by atoms with Crippen LogP contribution in [0, 0.1) is 11.6 Å². The van der Waals surface area contributed by atoms with Crippen molar-refractivity contribution in [2.45, 2.75) is 0 Å².